The van der Waals surface area contributed by atoms with Crippen LogP contribution in [0.4, 0.5) is 18.9 Å². The number of fused-ring (bicyclic) bond motifs is 1. The summed E-state index contributed by atoms with van der Waals surface area (Å²) in [6.45, 7) is 4.71. The molecule has 176 valence electrons. The van der Waals surface area contributed by atoms with Gasteiger partial charge in [0, 0.05) is 15.3 Å². The summed E-state index contributed by atoms with van der Waals surface area (Å²) in [7, 11) is 0. The fraction of sp³-hybridized carbons (Fsp3) is 0.217. The number of esters is 1. The largest absolute Gasteiger partial charge is 0.452 e. The minimum Gasteiger partial charge on any atom is -0.452 e. The summed E-state index contributed by atoms with van der Waals surface area (Å²) in [5.74, 6) is -1.77. The fourth-order valence-corrected chi connectivity index (χ4v) is 4.45. The van der Waals surface area contributed by atoms with E-state index in [4.69, 9.17) is 9.26 Å². The van der Waals surface area contributed by atoms with Crippen LogP contribution in [0.25, 0.3) is 22.4 Å². The first-order valence-electron chi connectivity index (χ1n) is 10.0. The number of alkyl halides is 3. The third-order valence-electron chi connectivity index (χ3n) is 4.99. The van der Waals surface area contributed by atoms with E-state index in [9.17, 15) is 22.8 Å². The van der Waals surface area contributed by atoms with Crippen molar-refractivity contribution in [2.24, 2.45) is 0 Å². The maximum atomic E-state index is 13.1. The van der Waals surface area contributed by atoms with Crippen LogP contribution in [0.15, 0.2) is 40.9 Å². The molecule has 0 saturated heterocycles. The lowest BCUT2D eigenvalue weighted by molar-refractivity contribution is -0.137. The van der Waals surface area contributed by atoms with Crippen LogP contribution in [0.2, 0.25) is 0 Å². The summed E-state index contributed by atoms with van der Waals surface area (Å²) in [5, 5.41) is 6.33. The molecule has 3 heterocycles. The smallest absolute Gasteiger partial charge is 0.418 e. The lowest BCUT2D eigenvalue weighted by Gasteiger charge is -2.13. The van der Waals surface area contributed by atoms with Crippen LogP contribution in [-0.2, 0) is 15.7 Å². The van der Waals surface area contributed by atoms with Crippen LogP contribution in [0.3, 0.4) is 0 Å². The molecule has 0 aliphatic rings. The SMILES string of the molecule is Cc1cc(-c2cc(C(=O)OCC(=O)Nc3ccccc3C(F)(F)F)c3c(C)noc3n2)c(C)s1. The van der Waals surface area contributed by atoms with E-state index in [2.05, 4.69) is 15.5 Å². The van der Waals surface area contributed by atoms with Crippen molar-refractivity contribution in [2.45, 2.75) is 26.9 Å². The van der Waals surface area contributed by atoms with E-state index >= 15 is 0 Å². The second kappa shape index (κ2) is 8.90. The number of para-hydroxylation sites is 1. The number of halogens is 3. The van der Waals surface area contributed by atoms with Gasteiger partial charge in [-0.2, -0.15) is 13.2 Å². The average molecular weight is 489 g/mol. The van der Waals surface area contributed by atoms with Gasteiger partial charge in [0.1, 0.15) is 0 Å². The van der Waals surface area contributed by atoms with Crippen molar-refractivity contribution >= 4 is 40.0 Å². The zero-order chi connectivity index (χ0) is 24.6. The lowest BCUT2D eigenvalue weighted by Crippen LogP contribution is -2.23. The molecule has 0 unspecified atom stereocenters. The van der Waals surface area contributed by atoms with Crippen molar-refractivity contribution < 1.29 is 32.0 Å². The molecule has 4 rings (SSSR count). The van der Waals surface area contributed by atoms with E-state index in [0.717, 1.165) is 27.5 Å². The fourth-order valence-electron chi connectivity index (χ4n) is 3.51. The molecule has 0 bridgehead atoms. The van der Waals surface area contributed by atoms with Crippen LogP contribution in [0.5, 0.6) is 0 Å². The Bertz CT molecular complexity index is 1410. The molecule has 0 saturated carbocycles. The minimum absolute atomic E-state index is 0.0884. The number of carbonyl (C=O) groups is 2. The predicted octanol–water partition coefficient (Wildman–Crippen LogP) is 5.69. The number of aromatic nitrogens is 2. The highest BCUT2D eigenvalue weighted by Gasteiger charge is 2.33. The van der Waals surface area contributed by atoms with E-state index in [1.165, 1.54) is 18.2 Å². The summed E-state index contributed by atoms with van der Waals surface area (Å²) in [6, 6.07) is 7.99. The average Bonchev–Trinajstić information content (AvgIpc) is 3.32. The zero-order valence-electron chi connectivity index (χ0n) is 18.2. The summed E-state index contributed by atoms with van der Waals surface area (Å²) in [5.41, 5.74) is 0.483. The number of carbonyl (C=O) groups excluding carboxylic acids is 2. The van der Waals surface area contributed by atoms with Gasteiger partial charge in [-0.05, 0) is 45.0 Å². The zero-order valence-corrected chi connectivity index (χ0v) is 19.1. The molecular formula is C23H18F3N3O4S. The quantitative estimate of drug-likeness (QED) is 0.362. The first-order valence-corrected chi connectivity index (χ1v) is 10.8. The number of anilines is 1. The van der Waals surface area contributed by atoms with Crippen molar-refractivity contribution in [3.8, 4) is 11.3 Å². The maximum Gasteiger partial charge on any atom is 0.418 e. The summed E-state index contributed by atoms with van der Waals surface area (Å²) < 4.78 is 49.8. The second-order valence-corrected chi connectivity index (χ2v) is 8.96. The van der Waals surface area contributed by atoms with E-state index in [-0.39, 0.29) is 11.3 Å². The van der Waals surface area contributed by atoms with Gasteiger partial charge in [0.25, 0.3) is 11.6 Å². The minimum atomic E-state index is -4.65. The van der Waals surface area contributed by atoms with E-state index in [1.54, 1.807) is 18.3 Å². The van der Waals surface area contributed by atoms with Crippen LogP contribution in [0.1, 0.15) is 31.4 Å². The molecule has 0 spiro atoms. The Morgan fingerprint density at radius 3 is 2.56 bits per heavy atom. The lowest BCUT2D eigenvalue weighted by atomic mass is 10.1. The summed E-state index contributed by atoms with van der Waals surface area (Å²) >= 11 is 1.57. The van der Waals surface area contributed by atoms with Crippen LogP contribution < -0.4 is 5.32 Å². The third kappa shape index (κ3) is 4.65. The topological polar surface area (TPSA) is 94.3 Å². The molecule has 4 aromatic rings. The number of nitrogens with one attached hydrogen (secondary N) is 1. The van der Waals surface area contributed by atoms with Gasteiger partial charge >= 0.3 is 12.1 Å². The Labute approximate surface area is 195 Å². The molecule has 1 N–H and O–H groups in total. The Balaban J connectivity index is 1.57. The van der Waals surface area contributed by atoms with Gasteiger partial charge in [-0.1, -0.05) is 17.3 Å². The number of hydrogen-bond donors (Lipinski definition) is 1. The van der Waals surface area contributed by atoms with Crippen molar-refractivity contribution in [1.82, 2.24) is 10.1 Å². The molecule has 3 aromatic heterocycles. The number of benzene rings is 1. The van der Waals surface area contributed by atoms with Gasteiger partial charge in [-0.15, -0.1) is 11.3 Å². The van der Waals surface area contributed by atoms with Gasteiger partial charge < -0.3 is 14.6 Å². The molecule has 0 aliphatic heterocycles. The molecule has 34 heavy (non-hydrogen) atoms. The molecule has 0 fully saturated rings. The number of nitrogens with zero attached hydrogens (tertiary/aromatic N) is 2. The molecule has 1 aromatic carbocycles. The number of ether oxygens (including phenoxy) is 1. The van der Waals surface area contributed by atoms with Crippen molar-refractivity contribution in [3.05, 3.63) is 63.0 Å². The third-order valence-corrected chi connectivity index (χ3v) is 5.96. The molecule has 0 radical (unpaired) electrons. The monoisotopic (exact) mass is 489 g/mol. The van der Waals surface area contributed by atoms with Crippen molar-refractivity contribution in [2.75, 3.05) is 11.9 Å². The van der Waals surface area contributed by atoms with Gasteiger partial charge in [0.15, 0.2) is 6.61 Å². The summed E-state index contributed by atoms with van der Waals surface area (Å²) in [6.07, 6.45) is -4.65. The summed E-state index contributed by atoms with van der Waals surface area (Å²) in [4.78, 5) is 31.6. The second-order valence-electron chi connectivity index (χ2n) is 7.50. The molecular weight excluding hydrogens is 471 g/mol. The Morgan fingerprint density at radius 2 is 1.88 bits per heavy atom. The van der Waals surface area contributed by atoms with Gasteiger partial charge in [0.2, 0.25) is 0 Å². The Hall–Kier alpha value is -3.73. The standard InChI is InChI=1S/C23H18F3N3O4S/c1-11-8-14(13(3)34-11)18-9-15(20-12(2)29-33-21(20)28-18)22(31)32-10-19(30)27-17-7-5-4-6-16(17)23(24,25)26/h4-9H,10H2,1-3H3,(H,27,30). The van der Waals surface area contributed by atoms with Crippen LogP contribution in [0, 0.1) is 20.8 Å². The van der Waals surface area contributed by atoms with Crippen LogP contribution in [-0.4, -0.2) is 28.6 Å². The highest BCUT2D eigenvalue weighted by molar-refractivity contribution is 7.12. The highest BCUT2D eigenvalue weighted by Crippen LogP contribution is 2.35. The number of pyridine rings is 1. The molecule has 11 heteroatoms. The van der Waals surface area contributed by atoms with E-state index in [1.807, 2.05) is 19.9 Å². The number of thiophene rings is 1. The molecule has 7 nitrogen and oxygen atoms in total. The van der Waals surface area contributed by atoms with E-state index < -0.39 is 35.9 Å². The van der Waals surface area contributed by atoms with Gasteiger partial charge in [0.05, 0.1) is 33.6 Å². The Morgan fingerprint density at radius 1 is 1.15 bits per heavy atom. The normalized spacial score (nSPS) is 11.6. The van der Waals surface area contributed by atoms with Crippen molar-refractivity contribution in [3.63, 3.8) is 0 Å². The van der Waals surface area contributed by atoms with Crippen molar-refractivity contribution in [1.29, 1.82) is 0 Å². The van der Waals surface area contributed by atoms with Gasteiger partial charge in [-0.25, -0.2) is 9.78 Å². The predicted molar refractivity (Wildman–Crippen MR) is 120 cm³/mol. The number of aryl methyl sites for hydroxylation is 3. The number of hydrogen-bond acceptors (Lipinski definition) is 7. The number of amides is 1. The van der Waals surface area contributed by atoms with E-state index in [0.29, 0.717) is 16.8 Å². The number of rotatable bonds is 5. The molecule has 0 atom stereocenters. The maximum absolute atomic E-state index is 13.1. The molecule has 0 aliphatic carbocycles. The first-order chi connectivity index (χ1) is 16.0. The van der Waals surface area contributed by atoms with Gasteiger partial charge in [-0.3, -0.25) is 4.79 Å². The Kier molecular flexibility index (Phi) is 6.13. The first kappa shape index (κ1) is 23.4. The van der Waals surface area contributed by atoms with Crippen LogP contribution >= 0.6 is 11.3 Å². The highest BCUT2D eigenvalue weighted by atomic mass is 32.1. The molecule has 1 amide bonds.